The maximum absolute atomic E-state index is 6.45. The first-order chi connectivity index (χ1) is 9.95. The summed E-state index contributed by atoms with van der Waals surface area (Å²) in [5.41, 5.74) is 2.54. The van der Waals surface area contributed by atoms with Crippen molar-refractivity contribution >= 4 is 0 Å². The first-order valence-corrected chi connectivity index (χ1v) is 8.44. The van der Waals surface area contributed by atoms with Gasteiger partial charge in [-0.3, -0.25) is 0 Å². The molecule has 1 aromatic rings. The van der Waals surface area contributed by atoms with Crippen molar-refractivity contribution in [1.29, 1.82) is 0 Å². The fourth-order valence-electron chi connectivity index (χ4n) is 3.47. The van der Waals surface area contributed by atoms with Gasteiger partial charge in [-0.25, -0.2) is 0 Å². The summed E-state index contributed by atoms with van der Waals surface area (Å²) in [5.74, 6) is 2.66. The molecule has 0 amide bonds. The van der Waals surface area contributed by atoms with Crippen LogP contribution in [-0.4, -0.2) is 12.1 Å². The van der Waals surface area contributed by atoms with Gasteiger partial charge in [0.1, 0.15) is 5.75 Å². The predicted octanol–water partition coefficient (Wildman–Crippen LogP) is 4.70. The van der Waals surface area contributed by atoms with Gasteiger partial charge >= 0.3 is 0 Å². The van der Waals surface area contributed by atoms with E-state index in [1.807, 2.05) is 0 Å². The quantitative estimate of drug-likeness (QED) is 0.848. The van der Waals surface area contributed by atoms with Crippen LogP contribution >= 0.6 is 0 Å². The van der Waals surface area contributed by atoms with Crippen molar-refractivity contribution in [1.82, 2.24) is 5.32 Å². The molecule has 2 rings (SSSR count). The molecule has 0 radical (unpaired) electrons. The minimum absolute atomic E-state index is 0.377. The maximum Gasteiger partial charge on any atom is 0.127 e. The van der Waals surface area contributed by atoms with Gasteiger partial charge in [0.2, 0.25) is 0 Å². The van der Waals surface area contributed by atoms with Crippen LogP contribution in [0.3, 0.4) is 0 Å². The van der Waals surface area contributed by atoms with Crippen molar-refractivity contribution in [3.05, 3.63) is 29.3 Å². The first kappa shape index (κ1) is 16.4. The van der Waals surface area contributed by atoms with E-state index >= 15 is 0 Å². The van der Waals surface area contributed by atoms with Gasteiger partial charge < -0.3 is 10.1 Å². The number of nitrogens with one attached hydrogen (secondary N) is 1. The Morgan fingerprint density at radius 2 is 1.81 bits per heavy atom. The molecule has 2 nitrogen and oxygen atoms in total. The van der Waals surface area contributed by atoms with Crippen LogP contribution in [0.15, 0.2) is 18.2 Å². The predicted molar refractivity (Wildman–Crippen MR) is 89.7 cm³/mol. The highest BCUT2D eigenvalue weighted by atomic mass is 16.5. The maximum atomic E-state index is 6.45. The highest BCUT2D eigenvalue weighted by molar-refractivity contribution is 5.41. The smallest absolute Gasteiger partial charge is 0.127 e. The number of hydrogen-bond donors (Lipinski definition) is 1. The molecule has 0 saturated heterocycles. The van der Waals surface area contributed by atoms with Crippen LogP contribution < -0.4 is 10.1 Å². The zero-order valence-corrected chi connectivity index (χ0v) is 14.3. The minimum Gasteiger partial charge on any atom is -0.490 e. The average molecular weight is 289 g/mol. The Hall–Kier alpha value is -1.02. The standard InChI is InChI=1S/C19H31NO/c1-13(2)20-12-17-8-6-7-16(5)19(17)21-18-10-14(3)9-15(4)11-18/h6-8,13-15,18,20H,9-12H2,1-5H3. The molecule has 2 unspecified atom stereocenters. The van der Waals surface area contributed by atoms with E-state index in [0.29, 0.717) is 12.1 Å². The number of aryl methyl sites for hydroxylation is 1. The van der Waals surface area contributed by atoms with Crippen LogP contribution in [0.5, 0.6) is 5.75 Å². The second-order valence-electron chi connectivity index (χ2n) is 7.26. The summed E-state index contributed by atoms with van der Waals surface area (Å²) in [6.07, 6.45) is 4.10. The van der Waals surface area contributed by atoms with Gasteiger partial charge in [0, 0.05) is 18.2 Å². The largest absolute Gasteiger partial charge is 0.490 e. The zero-order chi connectivity index (χ0) is 15.4. The summed E-state index contributed by atoms with van der Waals surface area (Å²) < 4.78 is 6.45. The Balaban J connectivity index is 2.10. The zero-order valence-electron chi connectivity index (χ0n) is 14.3. The molecule has 1 N–H and O–H groups in total. The molecule has 0 aliphatic heterocycles. The van der Waals surface area contributed by atoms with Crippen LogP contribution in [-0.2, 0) is 6.54 Å². The minimum atomic E-state index is 0.377. The molecule has 2 heteroatoms. The van der Waals surface area contributed by atoms with E-state index in [-0.39, 0.29) is 0 Å². The van der Waals surface area contributed by atoms with E-state index in [4.69, 9.17) is 4.74 Å². The Bertz CT molecular complexity index is 445. The van der Waals surface area contributed by atoms with E-state index in [2.05, 4.69) is 58.1 Å². The molecule has 1 aliphatic carbocycles. The number of benzene rings is 1. The lowest BCUT2D eigenvalue weighted by atomic mass is 9.82. The third kappa shape index (κ3) is 4.74. The average Bonchev–Trinajstić information content (AvgIpc) is 2.38. The lowest BCUT2D eigenvalue weighted by Crippen LogP contribution is -2.29. The number of rotatable bonds is 5. The molecule has 1 aliphatic rings. The van der Waals surface area contributed by atoms with E-state index < -0.39 is 0 Å². The molecule has 0 heterocycles. The second-order valence-corrected chi connectivity index (χ2v) is 7.26. The van der Waals surface area contributed by atoms with Gasteiger partial charge in [0.25, 0.3) is 0 Å². The lowest BCUT2D eigenvalue weighted by molar-refractivity contribution is 0.0992. The third-order valence-corrected chi connectivity index (χ3v) is 4.41. The molecule has 2 atom stereocenters. The van der Waals surface area contributed by atoms with Crippen LogP contribution in [0.2, 0.25) is 0 Å². The summed E-state index contributed by atoms with van der Waals surface area (Å²) >= 11 is 0. The highest BCUT2D eigenvalue weighted by Crippen LogP contribution is 2.33. The Morgan fingerprint density at radius 1 is 1.14 bits per heavy atom. The first-order valence-electron chi connectivity index (χ1n) is 8.44. The highest BCUT2D eigenvalue weighted by Gasteiger charge is 2.26. The van der Waals surface area contributed by atoms with Crippen LogP contribution in [0, 0.1) is 18.8 Å². The third-order valence-electron chi connectivity index (χ3n) is 4.41. The summed E-state index contributed by atoms with van der Waals surface area (Å²) in [4.78, 5) is 0. The molecular weight excluding hydrogens is 258 g/mol. The van der Waals surface area contributed by atoms with E-state index in [9.17, 15) is 0 Å². The van der Waals surface area contributed by atoms with Crippen LogP contribution in [0.25, 0.3) is 0 Å². The molecule has 1 saturated carbocycles. The van der Waals surface area contributed by atoms with Crippen molar-refractivity contribution in [2.45, 2.75) is 72.6 Å². The Labute approximate surface area is 130 Å². The summed E-state index contributed by atoms with van der Waals surface area (Å²) in [6.45, 7) is 12.1. The second kappa shape index (κ2) is 7.31. The SMILES string of the molecule is Cc1cccc(CNC(C)C)c1OC1CC(C)CC(C)C1. The fraction of sp³-hybridized carbons (Fsp3) is 0.684. The Kier molecular flexibility index (Phi) is 5.69. The molecule has 0 bridgehead atoms. The van der Waals surface area contributed by atoms with Crippen LogP contribution in [0.4, 0.5) is 0 Å². The van der Waals surface area contributed by atoms with Gasteiger partial charge in [-0.2, -0.15) is 0 Å². The monoisotopic (exact) mass is 289 g/mol. The molecule has 21 heavy (non-hydrogen) atoms. The van der Waals surface area contributed by atoms with E-state index in [0.717, 1.165) is 24.1 Å². The lowest BCUT2D eigenvalue weighted by Gasteiger charge is -2.32. The molecule has 0 aromatic heterocycles. The van der Waals surface area contributed by atoms with Crippen molar-refractivity contribution in [3.63, 3.8) is 0 Å². The summed E-state index contributed by atoms with van der Waals surface area (Å²) in [6, 6.07) is 6.97. The van der Waals surface area contributed by atoms with Gasteiger partial charge in [-0.1, -0.05) is 45.9 Å². The molecule has 0 spiro atoms. The van der Waals surface area contributed by atoms with Crippen molar-refractivity contribution in [3.8, 4) is 5.75 Å². The van der Waals surface area contributed by atoms with E-state index in [1.165, 1.54) is 30.4 Å². The molecular formula is C19H31NO. The topological polar surface area (TPSA) is 21.3 Å². The number of para-hydroxylation sites is 1. The van der Waals surface area contributed by atoms with Gasteiger partial charge in [0.15, 0.2) is 0 Å². The van der Waals surface area contributed by atoms with Gasteiger partial charge in [0.05, 0.1) is 6.10 Å². The van der Waals surface area contributed by atoms with Crippen LogP contribution in [0.1, 0.15) is 58.1 Å². The molecule has 1 fully saturated rings. The van der Waals surface area contributed by atoms with Gasteiger partial charge in [-0.05, 0) is 43.6 Å². The van der Waals surface area contributed by atoms with Crippen molar-refractivity contribution in [2.24, 2.45) is 11.8 Å². The Morgan fingerprint density at radius 3 is 2.43 bits per heavy atom. The number of hydrogen-bond acceptors (Lipinski definition) is 2. The van der Waals surface area contributed by atoms with Crippen molar-refractivity contribution in [2.75, 3.05) is 0 Å². The van der Waals surface area contributed by atoms with Gasteiger partial charge in [-0.15, -0.1) is 0 Å². The number of ether oxygens (including phenoxy) is 1. The molecule has 118 valence electrons. The van der Waals surface area contributed by atoms with E-state index in [1.54, 1.807) is 0 Å². The normalized spacial score (nSPS) is 26.1. The van der Waals surface area contributed by atoms with Crippen molar-refractivity contribution < 1.29 is 4.74 Å². The fourth-order valence-corrected chi connectivity index (χ4v) is 3.47. The summed E-state index contributed by atoms with van der Waals surface area (Å²) in [5, 5.41) is 3.50. The summed E-state index contributed by atoms with van der Waals surface area (Å²) in [7, 11) is 0. The molecule has 1 aromatic carbocycles.